The standard InChI is InChI=1S/C14H21Cl2NO/c1-3-4-9-18-10-8-17-11(2)12-6-5-7-13(15)14(12)16/h5-7,11,17H,3-4,8-10H2,1-2H3. The maximum Gasteiger partial charge on any atom is 0.0639 e. The second kappa shape index (κ2) is 8.76. The summed E-state index contributed by atoms with van der Waals surface area (Å²) in [5.41, 5.74) is 1.03. The van der Waals surface area contributed by atoms with E-state index in [9.17, 15) is 0 Å². The average molecular weight is 290 g/mol. The summed E-state index contributed by atoms with van der Waals surface area (Å²) in [5, 5.41) is 4.61. The first-order valence-electron chi connectivity index (χ1n) is 6.41. The van der Waals surface area contributed by atoms with Gasteiger partial charge in [-0.3, -0.25) is 0 Å². The fourth-order valence-electron chi connectivity index (χ4n) is 1.66. The Morgan fingerprint density at radius 1 is 1.28 bits per heavy atom. The van der Waals surface area contributed by atoms with Gasteiger partial charge in [0.1, 0.15) is 0 Å². The summed E-state index contributed by atoms with van der Waals surface area (Å²) in [6, 6.07) is 5.88. The third-order valence-corrected chi connectivity index (χ3v) is 3.62. The highest BCUT2D eigenvalue weighted by molar-refractivity contribution is 6.42. The van der Waals surface area contributed by atoms with Gasteiger partial charge >= 0.3 is 0 Å². The Balaban J connectivity index is 2.32. The summed E-state index contributed by atoms with van der Waals surface area (Å²) >= 11 is 12.2. The normalized spacial score (nSPS) is 12.7. The van der Waals surface area contributed by atoms with Crippen LogP contribution in [-0.4, -0.2) is 19.8 Å². The van der Waals surface area contributed by atoms with Crippen molar-refractivity contribution in [2.24, 2.45) is 0 Å². The molecule has 1 aromatic rings. The molecule has 1 rings (SSSR count). The third-order valence-electron chi connectivity index (χ3n) is 2.79. The smallest absolute Gasteiger partial charge is 0.0639 e. The van der Waals surface area contributed by atoms with E-state index in [-0.39, 0.29) is 6.04 Å². The average Bonchev–Trinajstić information content (AvgIpc) is 2.36. The van der Waals surface area contributed by atoms with Gasteiger partial charge in [0.2, 0.25) is 0 Å². The topological polar surface area (TPSA) is 21.3 Å². The van der Waals surface area contributed by atoms with Crippen molar-refractivity contribution in [3.63, 3.8) is 0 Å². The van der Waals surface area contributed by atoms with Gasteiger partial charge in [-0.2, -0.15) is 0 Å². The molecule has 0 amide bonds. The van der Waals surface area contributed by atoms with Crippen molar-refractivity contribution in [3.05, 3.63) is 33.8 Å². The summed E-state index contributed by atoms with van der Waals surface area (Å²) in [4.78, 5) is 0. The zero-order valence-corrected chi connectivity index (χ0v) is 12.5. The minimum atomic E-state index is 0.172. The van der Waals surface area contributed by atoms with Crippen LogP contribution in [-0.2, 0) is 4.74 Å². The van der Waals surface area contributed by atoms with Crippen LogP contribution in [0, 0.1) is 0 Å². The van der Waals surface area contributed by atoms with Crippen LogP contribution in [0.15, 0.2) is 18.2 Å². The molecule has 0 radical (unpaired) electrons. The number of nitrogens with one attached hydrogen (secondary N) is 1. The summed E-state index contributed by atoms with van der Waals surface area (Å²) in [6.07, 6.45) is 2.29. The number of hydrogen-bond donors (Lipinski definition) is 1. The minimum Gasteiger partial charge on any atom is -0.380 e. The van der Waals surface area contributed by atoms with E-state index in [0.717, 1.165) is 31.7 Å². The SMILES string of the molecule is CCCCOCCNC(C)c1cccc(Cl)c1Cl. The molecular formula is C14H21Cl2NO. The molecule has 0 spiro atoms. The van der Waals surface area contributed by atoms with Crippen LogP contribution in [0.5, 0.6) is 0 Å². The minimum absolute atomic E-state index is 0.172. The first-order valence-corrected chi connectivity index (χ1v) is 7.17. The number of benzene rings is 1. The van der Waals surface area contributed by atoms with Gasteiger partial charge in [0.25, 0.3) is 0 Å². The maximum absolute atomic E-state index is 6.17. The molecule has 0 fully saturated rings. The zero-order valence-electron chi connectivity index (χ0n) is 11.0. The third kappa shape index (κ3) is 5.15. The number of hydrogen-bond acceptors (Lipinski definition) is 2. The number of ether oxygens (including phenoxy) is 1. The van der Waals surface area contributed by atoms with Gasteiger partial charge < -0.3 is 10.1 Å². The van der Waals surface area contributed by atoms with Gasteiger partial charge in [0, 0.05) is 19.2 Å². The van der Waals surface area contributed by atoms with Gasteiger partial charge in [-0.05, 0) is 25.0 Å². The largest absolute Gasteiger partial charge is 0.380 e. The van der Waals surface area contributed by atoms with Gasteiger partial charge in [0.05, 0.1) is 16.7 Å². The molecule has 1 unspecified atom stereocenters. The monoisotopic (exact) mass is 289 g/mol. The highest BCUT2D eigenvalue weighted by Crippen LogP contribution is 2.29. The van der Waals surface area contributed by atoms with E-state index in [1.807, 2.05) is 12.1 Å². The van der Waals surface area contributed by atoms with E-state index >= 15 is 0 Å². The van der Waals surface area contributed by atoms with Gasteiger partial charge in [0.15, 0.2) is 0 Å². The Bertz CT molecular complexity index is 358. The van der Waals surface area contributed by atoms with Crippen LogP contribution in [0.1, 0.15) is 38.3 Å². The Labute approximate surface area is 120 Å². The fourth-order valence-corrected chi connectivity index (χ4v) is 2.13. The van der Waals surface area contributed by atoms with E-state index in [1.165, 1.54) is 6.42 Å². The molecule has 0 aliphatic rings. The summed E-state index contributed by atoms with van der Waals surface area (Å²) < 4.78 is 5.49. The lowest BCUT2D eigenvalue weighted by molar-refractivity contribution is 0.131. The molecule has 1 N–H and O–H groups in total. The van der Waals surface area contributed by atoms with Crippen molar-refractivity contribution in [3.8, 4) is 0 Å². The second-order valence-electron chi connectivity index (χ2n) is 4.28. The van der Waals surface area contributed by atoms with Crippen LogP contribution >= 0.6 is 23.2 Å². The Morgan fingerprint density at radius 2 is 2.06 bits per heavy atom. The van der Waals surface area contributed by atoms with Crippen LogP contribution < -0.4 is 5.32 Å². The van der Waals surface area contributed by atoms with E-state index < -0.39 is 0 Å². The van der Waals surface area contributed by atoms with Crippen molar-refractivity contribution < 1.29 is 4.74 Å². The molecule has 0 saturated carbocycles. The zero-order chi connectivity index (χ0) is 13.4. The fraction of sp³-hybridized carbons (Fsp3) is 0.571. The molecule has 18 heavy (non-hydrogen) atoms. The predicted molar refractivity (Wildman–Crippen MR) is 78.6 cm³/mol. The van der Waals surface area contributed by atoms with Crippen molar-refractivity contribution in [1.82, 2.24) is 5.32 Å². The highest BCUT2D eigenvalue weighted by Gasteiger charge is 2.10. The first-order chi connectivity index (χ1) is 8.66. The molecule has 0 bridgehead atoms. The summed E-state index contributed by atoms with van der Waals surface area (Å²) in [6.45, 7) is 6.61. The second-order valence-corrected chi connectivity index (χ2v) is 5.07. The number of unbranched alkanes of at least 4 members (excludes halogenated alkanes) is 1. The Hall–Kier alpha value is -0.280. The van der Waals surface area contributed by atoms with E-state index in [1.54, 1.807) is 6.07 Å². The lowest BCUT2D eigenvalue weighted by Crippen LogP contribution is -2.23. The molecule has 1 atom stereocenters. The number of rotatable bonds is 8. The van der Waals surface area contributed by atoms with E-state index in [0.29, 0.717) is 10.0 Å². The van der Waals surface area contributed by atoms with Gasteiger partial charge in [-0.15, -0.1) is 0 Å². The maximum atomic E-state index is 6.17. The predicted octanol–water partition coefficient (Wildman–Crippen LogP) is 4.46. The van der Waals surface area contributed by atoms with Gasteiger partial charge in [-0.1, -0.05) is 48.7 Å². The molecule has 1 aromatic carbocycles. The molecule has 0 heterocycles. The molecule has 0 saturated heterocycles. The number of halogens is 2. The van der Waals surface area contributed by atoms with Gasteiger partial charge in [-0.25, -0.2) is 0 Å². The Morgan fingerprint density at radius 3 is 2.78 bits per heavy atom. The van der Waals surface area contributed by atoms with Crippen LogP contribution in [0.25, 0.3) is 0 Å². The molecule has 0 aliphatic carbocycles. The van der Waals surface area contributed by atoms with E-state index in [2.05, 4.69) is 19.2 Å². The van der Waals surface area contributed by atoms with Crippen molar-refractivity contribution in [1.29, 1.82) is 0 Å². The lowest BCUT2D eigenvalue weighted by Gasteiger charge is -2.16. The lowest BCUT2D eigenvalue weighted by atomic mass is 10.1. The summed E-state index contributed by atoms with van der Waals surface area (Å²) in [5.74, 6) is 0. The van der Waals surface area contributed by atoms with Crippen LogP contribution in [0.4, 0.5) is 0 Å². The molecular weight excluding hydrogens is 269 g/mol. The highest BCUT2D eigenvalue weighted by atomic mass is 35.5. The van der Waals surface area contributed by atoms with Crippen LogP contribution in [0.2, 0.25) is 10.0 Å². The van der Waals surface area contributed by atoms with Crippen molar-refractivity contribution in [2.75, 3.05) is 19.8 Å². The molecule has 102 valence electrons. The van der Waals surface area contributed by atoms with E-state index in [4.69, 9.17) is 27.9 Å². The molecule has 0 aliphatic heterocycles. The Kier molecular flexibility index (Phi) is 7.68. The molecule has 4 heteroatoms. The van der Waals surface area contributed by atoms with Crippen molar-refractivity contribution >= 4 is 23.2 Å². The quantitative estimate of drug-likeness (QED) is 0.714. The molecule has 0 aromatic heterocycles. The van der Waals surface area contributed by atoms with Crippen molar-refractivity contribution in [2.45, 2.75) is 32.7 Å². The van der Waals surface area contributed by atoms with Crippen LogP contribution in [0.3, 0.4) is 0 Å². The summed E-state index contributed by atoms with van der Waals surface area (Å²) in [7, 11) is 0. The first kappa shape index (κ1) is 15.8. The molecule has 2 nitrogen and oxygen atoms in total.